The SMILES string of the molecule is Clc1ccc(Nc2nc(Cl)cs2)cc1. The van der Waals surface area contributed by atoms with E-state index in [-0.39, 0.29) is 0 Å². The van der Waals surface area contributed by atoms with Crippen LogP contribution in [0.5, 0.6) is 0 Å². The van der Waals surface area contributed by atoms with Crippen molar-refractivity contribution in [2.45, 2.75) is 0 Å². The highest BCUT2D eigenvalue weighted by Crippen LogP contribution is 2.23. The number of benzene rings is 1. The molecule has 0 aliphatic heterocycles. The second-order valence-electron chi connectivity index (χ2n) is 2.61. The molecule has 1 aromatic heterocycles. The van der Waals surface area contributed by atoms with Gasteiger partial charge in [0.15, 0.2) is 5.13 Å². The summed E-state index contributed by atoms with van der Waals surface area (Å²) in [6.45, 7) is 0. The third-order valence-electron chi connectivity index (χ3n) is 1.57. The van der Waals surface area contributed by atoms with Gasteiger partial charge < -0.3 is 5.32 Å². The number of aromatic nitrogens is 1. The Morgan fingerprint density at radius 1 is 1.14 bits per heavy atom. The minimum atomic E-state index is 0.506. The van der Waals surface area contributed by atoms with Crippen LogP contribution < -0.4 is 5.32 Å². The number of thiazole rings is 1. The molecule has 0 saturated carbocycles. The summed E-state index contributed by atoms with van der Waals surface area (Å²) in [5.41, 5.74) is 0.945. The Bertz CT molecular complexity index is 425. The minimum Gasteiger partial charge on any atom is -0.332 e. The first-order valence-corrected chi connectivity index (χ1v) is 5.51. The van der Waals surface area contributed by atoms with Gasteiger partial charge in [0.1, 0.15) is 5.15 Å². The fourth-order valence-corrected chi connectivity index (χ4v) is 1.95. The standard InChI is InChI=1S/C9H6Cl2N2S/c10-6-1-3-7(4-2-6)12-9-13-8(11)5-14-9/h1-5H,(H,12,13). The molecule has 0 bridgehead atoms. The molecular formula is C9H6Cl2N2S. The lowest BCUT2D eigenvalue weighted by Crippen LogP contribution is -1.87. The number of anilines is 2. The third-order valence-corrected chi connectivity index (χ3v) is 2.90. The van der Waals surface area contributed by atoms with Gasteiger partial charge in [0.2, 0.25) is 0 Å². The zero-order chi connectivity index (χ0) is 9.97. The maximum Gasteiger partial charge on any atom is 0.188 e. The number of nitrogens with one attached hydrogen (secondary N) is 1. The van der Waals surface area contributed by atoms with Crippen molar-refractivity contribution in [3.05, 3.63) is 39.8 Å². The summed E-state index contributed by atoms with van der Waals surface area (Å²) in [6.07, 6.45) is 0. The lowest BCUT2D eigenvalue weighted by Gasteiger charge is -2.01. The molecule has 2 rings (SSSR count). The Morgan fingerprint density at radius 2 is 1.86 bits per heavy atom. The quantitative estimate of drug-likeness (QED) is 0.857. The smallest absolute Gasteiger partial charge is 0.188 e. The molecule has 0 aliphatic rings. The van der Waals surface area contributed by atoms with E-state index in [9.17, 15) is 0 Å². The van der Waals surface area contributed by atoms with Gasteiger partial charge in [0.25, 0.3) is 0 Å². The van der Waals surface area contributed by atoms with Crippen LogP contribution in [0.15, 0.2) is 29.6 Å². The Morgan fingerprint density at radius 3 is 2.43 bits per heavy atom. The van der Waals surface area contributed by atoms with Crippen LogP contribution in [0, 0.1) is 0 Å². The zero-order valence-corrected chi connectivity index (χ0v) is 9.33. The maximum absolute atomic E-state index is 5.76. The first-order valence-electron chi connectivity index (χ1n) is 3.88. The van der Waals surface area contributed by atoms with Gasteiger partial charge in [-0.1, -0.05) is 23.2 Å². The van der Waals surface area contributed by atoms with Crippen LogP contribution in [-0.4, -0.2) is 4.98 Å². The first kappa shape index (κ1) is 9.77. The van der Waals surface area contributed by atoms with Crippen LogP contribution in [-0.2, 0) is 0 Å². The van der Waals surface area contributed by atoms with Crippen molar-refractivity contribution in [1.29, 1.82) is 0 Å². The first-order chi connectivity index (χ1) is 6.74. The average molecular weight is 245 g/mol. The van der Waals surface area contributed by atoms with Crippen LogP contribution in [0.1, 0.15) is 0 Å². The van der Waals surface area contributed by atoms with Gasteiger partial charge in [-0.15, -0.1) is 11.3 Å². The molecule has 2 nitrogen and oxygen atoms in total. The molecule has 0 atom stereocenters. The van der Waals surface area contributed by atoms with Crippen molar-refractivity contribution in [2.75, 3.05) is 5.32 Å². The van der Waals surface area contributed by atoms with E-state index in [2.05, 4.69) is 10.3 Å². The van der Waals surface area contributed by atoms with Crippen molar-refractivity contribution in [3.63, 3.8) is 0 Å². The largest absolute Gasteiger partial charge is 0.332 e. The normalized spacial score (nSPS) is 10.1. The second-order valence-corrected chi connectivity index (χ2v) is 4.29. The molecular weight excluding hydrogens is 239 g/mol. The van der Waals surface area contributed by atoms with E-state index in [4.69, 9.17) is 23.2 Å². The van der Waals surface area contributed by atoms with E-state index in [0.29, 0.717) is 10.2 Å². The van der Waals surface area contributed by atoms with Gasteiger partial charge in [-0.3, -0.25) is 0 Å². The summed E-state index contributed by atoms with van der Waals surface area (Å²) in [4.78, 5) is 4.07. The topological polar surface area (TPSA) is 24.9 Å². The molecule has 0 fully saturated rings. The summed E-state index contributed by atoms with van der Waals surface area (Å²) in [5.74, 6) is 0. The van der Waals surface area contributed by atoms with Gasteiger partial charge >= 0.3 is 0 Å². The molecule has 2 aromatic rings. The average Bonchev–Trinajstić information content (AvgIpc) is 2.56. The van der Waals surface area contributed by atoms with Gasteiger partial charge in [0, 0.05) is 16.1 Å². The highest BCUT2D eigenvalue weighted by atomic mass is 35.5. The van der Waals surface area contributed by atoms with Gasteiger partial charge in [-0.05, 0) is 24.3 Å². The van der Waals surface area contributed by atoms with Crippen molar-refractivity contribution in [1.82, 2.24) is 4.98 Å². The second kappa shape index (κ2) is 4.17. The van der Waals surface area contributed by atoms with Crippen molar-refractivity contribution in [3.8, 4) is 0 Å². The number of hydrogen-bond donors (Lipinski definition) is 1. The monoisotopic (exact) mass is 244 g/mol. The summed E-state index contributed by atoms with van der Waals surface area (Å²) in [5, 5.41) is 6.89. The van der Waals surface area contributed by atoms with Crippen LogP contribution in [0.4, 0.5) is 10.8 Å². The molecule has 0 spiro atoms. The van der Waals surface area contributed by atoms with E-state index < -0.39 is 0 Å². The van der Waals surface area contributed by atoms with E-state index in [1.165, 1.54) is 11.3 Å². The van der Waals surface area contributed by atoms with Gasteiger partial charge in [-0.25, -0.2) is 4.98 Å². The van der Waals surface area contributed by atoms with Crippen LogP contribution >= 0.6 is 34.5 Å². The lowest BCUT2D eigenvalue weighted by atomic mass is 10.3. The van der Waals surface area contributed by atoms with Crippen molar-refractivity contribution in [2.24, 2.45) is 0 Å². The molecule has 1 N–H and O–H groups in total. The Balaban J connectivity index is 2.15. The Hall–Kier alpha value is -0.770. The van der Waals surface area contributed by atoms with E-state index in [0.717, 1.165) is 10.8 Å². The molecule has 0 saturated heterocycles. The maximum atomic E-state index is 5.76. The molecule has 5 heteroatoms. The fraction of sp³-hybridized carbons (Fsp3) is 0. The van der Waals surface area contributed by atoms with E-state index >= 15 is 0 Å². The highest BCUT2D eigenvalue weighted by Gasteiger charge is 1.99. The number of hydrogen-bond acceptors (Lipinski definition) is 3. The lowest BCUT2D eigenvalue weighted by molar-refractivity contribution is 1.39. The molecule has 72 valence electrons. The minimum absolute atomic E-state index is 0.506. The summed E-state index contributed by atoms with van der Waals surface area (Å²) in [7, 11) is 0. The summed E-state index contributed by atoms with van der Waals surface area (Å²) < 4.78 is 0. The molecule has 14 heavy (non-hydrogen) atoms. The predicted octanol–water partition coefficient (Wildman–Crippen LogP) is 4.19. The summed E-state index contributed by atoms with van der Waals surface area (Å²) >= 11 is 12.9. The number of rotatable bonds is 2. The van der Waals surface area contributed by atoms with Crippen LogP contribution in [0.25, 0.3) is 0 Å². The van der Waals surface area contributed by atoms with Crippen LogP contribution in [0.2, 0.25) is 10.2 Å². The zero-order valence-electron chi connectivity index (χ0n) is 7.00. The number of halogens is 2. The summed E-state index contributed by atoms with van der Waals surface area (Å²) in [6, 6.07) is 7.41. The van der Waals surface area contributed by atoms with Gasteiger partial charge in [-0.2, -0.15) is 0 Å². The van der Waals surface area contributed by atoms with Crippen LogP contribution in [0.3, 0.4) is 0 Å². The molecule has 0 unspecified atom stereocenters. The Kier molecular flexibility index (Phi) is 2.91. The van der Waals surface area contributed by atoms with Crippen molar-refractivity contribution >= 4 is 45.4 Å². The highest BCUT2D eigenvalue weighted by molar-refractivity contribution is 7.14. The van der Waals surface area contributed by atoms with Crippen molar-refractivity contribution < 1.29 is 0 Å². The van der Waals surface area contributed by atoms with Gasteiger partial charge in [0.05, 0.1) is 0 Å². The molecule has 1 heterocycles. The molecule has 0 amide bonds. The molecule has 0 aliphatic carbocycles. The predicted molar refractivity (Wildman–Crippen MR) is 61.9 cm³/mol. The Labute approximate surface area is 95.5 Å². The van der Waals surface area contributed by atoms with E-state index in [1.807, 2.05) is 24.3 Å². The third kappa shape index (κ3) is 2.38. The fourth-order valence-electron chi connectivity index (χ4n) is 0.968. The van der Waals surface area contributed by atoms with E-state index in [1.54, 1.807) is 5.38 Å². The molecule has 0 radical (unpaired) electrons. The number of nitrogens with zero attached hydrogens (tertiary/aromatic N) is 1. The molecule has 1 aromatic carbocycles.